The fourth-order valence-corrected chi connectivity index (χ4v) is 2.27. The van der Waals surface area contributed by atoms with Gasteiger partial charge in [0.05, 0.1) is 0 Å². The van der Waals surface area contributed by atoms with E-state index in [1.807, 2.05) is 17.0 Å². The lowest BCUT2D eigenvalue weighted by Crippen LogP contribution is -2.40. The van der Waals surface area contributed by atoms with Crippen LogP contribution in [0.4, 0.5) is 5.69 Å². The van der Waals surface area contributed by atoms with Crippen molar-refractivity contribution >= 4 is 11.6 Å². The van der Waals surface area contributed by atoms with Crippen LogP contribution in [0.25, 0.3) is 0 Å². The largest absolute Gasteiger partial charge is 0.315 e. The normalized spacial score (nSPS) is 17.7. The van der Waals surface area contributed by atoms with Crippen LogP contribution in [0, 0.1) is 0 Å². The molecule has 3 heteroatoms. The number of nitrogens with zero attached hydrogens (tertiary/aromatic N) is 1. The topological polar surface area (TPSA) is 32.3 Å². The zero-order chi connectivity index (χ0) is 12.1. The van der Waals surface area contributed by atoms with Crippen LogP contribution >= 0.6 is 0 Å². The summed E-state index contributed by atoms with van der Waals surface area (Å²) in [4.78, 5) is 14.1. The lowest BCUT2D eigenvalue weighted by atomic mass is 10.1. The zero-order valence-corrected chi connectivity index (χ0v) is 10.4. The molecule has 1 heterocycles. The molecule has 1 aromatic rings. The molecular weight excluding hydrogens is 212 g/mol. The number of rotatable bonds is 2. The van der Waals surface area contributed by atoms with Crippen molar-refractivity contribution in [2.24, 2.45) is 0 Å². The Morgan fingerprint density at radius 1 is 1.29 bits per heavy atom. The highest BCUT2D eigenvalue weighted by molar-refractivity contribution is 5.94. The quantitative estimate of drug-likeness (QED) is 0.845. The van der Waals surface area contributed by atoms with Crippen LogP contribution in [-0.4, -0.2) is 25.5 Å². The SMILES string of the molecule is CCc1ccccc1N1CCNCCCC1=O. The maximum atomic E-state index is 12.1. The Hall–Kier alpha value is -1.35. The van der Waals surface area contributed by atoms with Crippen molar-refractivity contribution in [3.63, 3.8) is 0 Å². The van der Waals surface area contributed by atoms with Crippen molar-refractivity contribution in [1.29, 1.82) is 0 Å². The summed E-state index contributed by atoms with van der Waals surface area (Å²) in [6, 6.07) is 8.20. The molecule has 0 aromatic heterocycles. The van der Waals surface area contributed by atoms with E-state index in [1.165, 1.54) is 5.56 Å². The monoisotopic (exact) mass is 232 g/mol. The molecule has 2 rings (SSSR count). The number of amides is 1. The van der Waals surface area contributed by atoms with Gasteiger partial charge in [-0.25, -0.2) is 0 Å². The third kappa shape index (κ3) is 2.86. The molecule has 1 aromatic carbocycles. The van der Waals surface area contributed by atoms with E-state index < -0.39 is 0 Å². The van der Waals surface area contributed by atoms with Crippen molar-refractivity contribution in [3.8, 4) is 0 Å². The minimum Gasteiger partial charge on any atom is -0.315 e. The van der Waals surface area contributed by atoms with Crippen molar-refractivity contribution in [3.05, 3.63) is 29.8 Å². The maximum Gasteiger partial charge on any atom is 0.227 e. The van der Waals surface area contributed by atoms with Crippen LogP contribution in [0.2, 0.25) is 0 Å². The average Bonchev–Trinajstić information content (AvgIpc) is 2.35. The van der Waals surface area contributed by atoms with Gasteiger partial charge in [-0.15, -0.1) is 0 Å². The van der Waals surface area contributed by atoms with Crippen molar-refractivity contribution in [1.82, 2.24) is 5.32 Å². The molecule has 17 heavy (non-hydrogen) atoms. The lowest BCUT2D eigenvalue weighted by molar-refractivity contribution is -0.118. The fraction of sp³-hybridized carbons (Fsp3) is 0.500. The van der Waals surface area contributed by atoms with Gasteiger partial charge in [-0.3, -0.25) is 4.79 Å². The number of hydrogen-bond acceptors (Lipinski definition) is 2. The minimum atomic E-state index is 0.257. The summed E-state index contributed by atoms with van der Waals surface area (Å²) < 4.78 is 0. The van der Waals surface area contributed by atoms with E-state index in [4.69, 9.17) is 0 Å². The van der Waals surface area contributed by atoms with E-state index in [9.17, 15) is 4.79 Å². The van der Waals surface area contributed by atoms with Crippen LogP contribution < -0.4 is 10.2 Å². The Morgan fingerprint density at radius 3 is 2.94 bits per heavy atom. The van der Waals surface area contributed by atoms with Crippen LogP contribution in [0.15, 0.2) is 24.3 Å². The fourth-order valence-electron chi connectivity index (χ4n) is 2.27. The Kier molecular flexibility index (Phi) is 4.15. The molecule has 3 nitrogen and oxygen atoms in total. The van der Waals surface area contributed by atoms with E-state index in [0.29, 0.717) is 6.42 Å². The zero-order valence-electron chi connectivity index (χ0n) is 10.4. The number of hydrogen-bond donors (Lipinski definition) is 1. The third-order valence-electron chi connectivity index (χ3n) is 3.22. The predicted octanol–water partition coefficient (Wildman–Crippen LogP) is 1.97. The van der Waals surface area contributed by atoms with E-state index in [2.05, 4.69) is 24.4 Å². The Labute approximate surface area is 103 Å². The molecule has 0 radical (unpaired) electrons. The van der Waals surface area contributed by atoms with Crippen LogP contribution in [0.5, 0.6) is 0 Å². The highest BCUT2D eigenvalue weighted by Gasteiger charge is 2.18. The molecule has 1 N–H and O–H groups in total. The highest BCUT2D eigenvalue weighted by atomic mass is 16.2. The van der Waals surface area contributed by atoms with Crippen molar-refractivity contribution in [2.45, 2.75) is 26.2 Å². The van der Waals surface area contributed by atoms with Crippen LogP contribution in [-0.2, 0) is 11.2 Å². The molecule has 0 spiro atoms. The lowest BCUT2D eigenvalue weighted by Gasteiger charge is -2.27. The van der Waals surface area contributed by atoms with Gasteiger partial charge in [0.1, 0.15) is 0 Å². The maximum absolute atomic E-state index is 12.1. The number of carbonyl (C=O) groups excluding carboxylic acids is 1. The number of benzene rings is 1. The van der Waals surface area contributed by atoms with Crippen molar-refractivity contribution < 1.29 is 4.79 Å². The van der Waals surface area contributed by atoms with E-state index in [-0.39, 0.29) is 5.91 Å². The first kappa shape index (κ1) is 12.1. The average molecular weight is 232 g/mol. The summed E-state index contributed by atoms with van der Waals surface area (Å²) in [7, 11) is 0. The Morgan fingerprint density at radius 2 is 2.12 bits per heavy atom. The van der Waals surface area contributed by atoms with E-state index >= 15 is 0 Å². The third-order valence-corrected chi connectivity index (χ3v) is 3.22. The van der Waals surface area contributed by atoms with E-state index in [0.717, 1.165) is 38.2 Å². The second kappa shape index (κ2) is 5.82. The smallest absolute Gasteiger partial charge is 0.227 e. The number of anilines is 1. The molecule has 1 saturated heterocycles. The molecule has 0 saturated carbocycles. The summed E-state index contributed by atoms with van der Waals surface area (Å²) in [5, 5.41) is 3.35. The number of aryl methyl sites for hydroxylation is 1. The predicted molar refractivity (Wildman–Crippen MR) is 70.3 cm³/mol. The first-order valence-electron chi connectivity index (χ1n) is 6.42. The standard InChI is InChI=1S/C14H20N2O/c1-2-12-6-3-4-7-13(12)16-11-10-15-9-5-8-14(16)17/h3-4,6-7,15H,2,5,8-11H2,1H3. The number of para-hydroxylation sites is 1. The number of nitrogens with one attached hydrogen (secondary N) is 1. The van der Waals surface area contributed by atoms with Gasteiger partial charge >= 0.3 is 0 Å². The summed E-state index contributed by atoms with van der Waals surface area (Å²) in [5.41, 5.74) is 2.34. The van der Waals surface area contributed by atoms with Crippen LogP contribution in [0.3, 0.4) is 0 Å². The summed E-state index contributed by atoms with van der Waals surface area (Å²) in [6.07, 6.45) is 2.54. The molecule has 0 aliphatic carbocycles. The molecule has 92 valence electrons. The second-order valence-corrected chi connectivity index (χ2v) is 4.38. The van der Waals surface area contributed by atoms with Crippen LogP contribution in [0.1, 0.15) is 25.3 Å². The molecule has 1 aliphatic rings. The van der Waals surface area contributed by atoms with Gasteiger partial charge in [0, 0.05) is 25.2 Å². The van der Waals surface area contributed by atoms with Crippen molar-refractivity contribution in [2.75, 3.05) is 24.5 Å². The van der Waals surface area contributed by atoms with Gasteiger partial charge in [0.25, 0.3) is 0 Å². The molecule has 1 amide bonds. The number of carbonyl (C=O) groups is 1. The van der Waals surface area contributed by atoms with Gasteiger partial charge in [-0.2, -0.15) is 0 Å². The first-order chi connectivity index (χ1) is 8.33. The van der Waals surface area contributed by atoms with Gasteiger partial charge < -0.3 is 10.2 Å². The molecule has 1 fully saturated rings. The second-order valence-electron chi connectivity index (χ2n) is 4.38. The Bertz CT molecular complexity index is 390. The van der Waals surface area contributed by atoms with Gasteiger partial charge in [-0.1, -0.05) is 25.1 Å². The van der Waals surface area contributed by atoms with Gasteiger partial charge in [0.2, 0.25) is 5.91 Å². The first-order valence-corrected chi connectivity index (χ1v) is 6.42. The summed E-state index contributed by atoms with van der Waals surface area (Å²) in [5.74, 6) is 0.257. The molecule has 1 aliphatic heterocycles. The Balaban J connectivity index is 2.25. The minimum absolute atomic E-state index is 0.257. The molecule has 0 atom stereocenters. The summed E-state index contributed by atoms with van der Waals surface area (Å²) >= 11 is 0. The van der Waals surface area contributed by atoms with Gasteiger partial charge in [0.15, 0.2) is 0 Å². The molecule has 0 bridgehead atoms. The summed E-state index contributed by atoms with van der Waals surface area (Å²) in [6.45, 7) is 4.74. The van der Waals surface area contributed by atoms with E-state index in [1.54, 1.807) is 0 Å². The van der Waals surface area contributed by atoms with Gasteiger partial charge in [-0.05, 0) is 31.0 Å². The molecular formula is C14H20N2O. The molecule has 0 unspecified atom stereocenters. The highest BCUT2D eigenvalue weighted by Crippen LogP contribution is 2.22.